The number of carbonyl (C=O) groups excluding carboxylic acids is 1. The molecule has 1 unspecified atom stereocenters. The van der Waals surface area contributed by atoms with Crippen LogP contribution >= 0.6 is 10.7 Å². The largest absolute Gasteiger partial charge is 0.349 e. The van der Waals surface area contributed by atoms with Gasteiger partial charge in [-0.1, -0.05) is 33.1 Å². The second-order valence-electron chi connectivity index (χ2n) is 5.06. The Morgan fingerprint density at radius 3 is 2.24 bits per heavy atom. The maximum absolute atomic E-state index is 12.2. The summed E-state index contributed by atoms with van der Waals surface area (Å²) in [5.41, 5.74) is 0.441. The van der Waals surface area contributed by atoms with Crippen molar-refractivity contribution < 1.29 is 13.2 Å². The van der Waals surface area contributed by atoms with Gasteiger partial charge in [-0.2, -0.15) is 0 Å². The first-order valence-electron chi connectivity index (χ1n) is 7.24. The van der Waals surface area contributed by atoms with Crippen LogP contribution < -0.4 is 5.32 Å². The van der Waals surface area contributed by atoms with E-state index < -0.39 is 9.05 Å². The molecule has 0 aliphatic carbocycles. The predicted octanol–water partition coefficient (Wildman–Crippen LogP) is 3.70. The predicted molar refractivity (Wildman–Crippen MR) is 85.2 cm³/mol. The van der Waals surface area contributed by atoms with Gasteiger partial charge >= 0.3 is 0 Å². The van der Waals surface area contributed by atoms with Gasteiger partial charge in [-0.3, -0.25) is 4.79 Å². The molecule has 0 saturated heterocycles. The number of hydrogen-bond donors (Lipinski definition) is 1. The highest BCUT2D eigenvalue weighted by atomic mass is 35.7. The van der Waals surface area contributed by atoms with Crippen molar-refractivity contribution in [2.24, 2.45) is 0 Å². The third-order valence-corrected chi connectivity index (χ3v) is 4.65. The third-order valence-electron chi connectivity index (χ3n) is 3.28. The molecule has 0 radical (unpaired) electrons. The van der Waals surface area contributed by atoms with Crippen molar-refractivity contribution in [2.75, 3.05) is 0 Å². The first kappa shape index (κ1) is 18.0. The molecule has 0 heterocycles. The summed E-state index contributed by atoms with van der Waals surface area (Å²) in [5.74, 6) is -0.178. The molecule has 21 heavy (non-hydrogen) atoms. The monoisotopic (exact) mass is 331 g/mol. The van der Waals surface area contributed by atoms with Gasteiger partial charge in [-0.25, -0.2) is 8.42 Å². The molecule has 0 aliphatic heterocycles. The standard InChI is InChI=1S/C15H22ClNO3S/c1-3-5-7-13(6-4-2)17-15(18)12-8-10-14(11-9-12)21(16,19)20/h8-11,13H,3-7H2,1-2H3,(H,17,18). The van der Waals surface area contributed by atoms with Crippen LogP contribution in [0.3, 0.4) is 0 Å². The number of nitrogens with one attached hydrogen (secondary N) is 1. The molecule has 1 N–H and O–H groups in total. The maximum atomic E-state index is 12.2. The normalized spacial score (nSPS) is 12.9. The van der Waals surface area contributed by atoms with Crippen LogP contribution in [0.15, 0.2) is 29.2 Å². The van der Waals surface area contributed by atoms with E-state index in [-0.39, 0.29) is 16.8 Å². The molecule has 0 spiro atoms. The first-order chi connectivity index (χ1) is 9.88. The third kappa shape index (κ3) is 6.06. The van der Waals surface area contributed by atoms with Gasteiger partial charge in [0.2, 0.25) is 0 Å². The van der Waals surface area contributed by atoms with Crippen LogP contribution in [0.4, 0.5) is 0 Å². The lowest BCUT2D eigenvalue weighted by atomic mass is 10.0. The molecule has 0 aliphatic rings. The number of rotatable bonds is 8. The van der Waals surface area contributed by atoms with Crippen molar-refractivity contribution in [1.82, 2.24) is 5.32 Å². The Balaban J connectivity index is 2.73. The quantitative estimate of drug-likeness (QED) is 0.739. The van der Waals surface area contributed by atoms with Crippen molar-refractivity contribution in [2.45, 2.75) is 56.9 Å². The van der Waals surface area contributed by atoms with Crippen molar-refractivity contribution in [3.8, 4) is 0 Å². The van der Waals surface area contributed by atoms with E-state index in [1.165, 1.54) is 24.3 Å². The fourth-order valence-electron chi connectivity index (χ4n) is 2.13. The number of amides is 1. The molecule has 4 nitrogen and oxygen atoms in total. The fraction of sp³-hybridized carbons (Fsp3) is 0.533. The highest BCUT2D eigenvalue weighted by Crippen LogP contribution is 2.16. The lowest BCUT2D eigenvalue weighted by Crippen LogP contribution is -2.34. The lowest BCUT2D eigenvalue weighted by Gasteiger charge is -2.18. The van der Waals surface area contributed by atoms with Crippen LogP contribution in [0.2, 0.25) is 0 Å². The molecule has 118 valence electrons. The summed E-state index contributed by atoms with van der Waals surface area (Å²) in [6.45, 7) is 4.21. The van der Waals surface area contributed by atoms with Crippen LogP contribution in [0, 0.1) is 0 Å². The molecule has 1 aromatic rings. The van der Waals surface area contributed by atoms with Gasteiger partial charge in [0.25, 0.3) is 15.0 Å². The van der Waals surface area contributed by atoms with E-state index in [1.807, 2.05) is 0 Å². The molecule has 1 atom stereocenters. The number of benzene rings is 1. The Morgan fingerprint density at radius 2 is 1.76 bits per heavy atom. The van der Waals surface area contributed by atoms with Crippen LogP contribution in [0.1, 0.15) is 56.3 Å². The van der Waals surface area contributed by atoms with Crippen LogP contribution in [0.25, 0.3) is 0 Å². The van der Waals surface area contributed by atoms with E-state index in [4.69, 9.17) is 10.7 Å². The van der Waals surface area contributed by atoms with Crippen molar-refractivity contribution in [1.29, 1.82) is 0 Å². The second-order valence-corrected chi connectivity index (χ2v) is 7.63. The van der Waals surface area contributed by atoms with E-state index >= 15 is 0 Å². The Hall–Kier alpha value is -1.07. The Morgan fingerprint density at radius 1 is 1.14 bits per heavy atom. The second kappa shape index (κ2) is 8.39. The van der Waals surface area contributed by atoms with E-state index in [0.717, 1.165) is 32.1 Å². The maximum Gasteiger partial charge on any atom is 0.261 e. The molecule has 0 saturated carbocycles. The van der Waals surface area contributed by atoms with Gasteiger partial charge in [-0.15, -0.1) is 0 Å². The van der Waals surface area contributed by atoms with E-state index in [1.54, 1.807) is 0 Å². The highest BCUT2D eigenvalue weighted by molar-refractivity contribution is 8.13. The van der Waals surface area contributed by atoms with Gasteiger partial charge in [0.1, 0.15) is 0 Å². The van der Waals surface area contributed by atoms with Crippen molar-refractivity contribution in [3.05, 3.63) is 29.8 Å². The SMILES string of the molecule is CCCCC(CCC)NC(=O)c1ccc(S(=O)(=O)Cl)cc1. The zero-order valence-corrected chi connectivity index (χ0v) is 14.0. The summed E-state index contributed by atoms with van der Waals surface area (Å²) in [6, 6.07) is 5.82. The van der Waals surface area contributed by atoms with Gasteiger partial charge in [-0.05, 0) is 37.1 Å². The molecule has 0 aromatic heterocycles. The molecule has 0 bridgehead atoms. The summed E-state index contributed by atoms with van der Waals surface area (Å²) >= 11 is 0. The first-order valence-corrected chi connectivity index (χ1v) is 9.55. The molecule has 1 amide bonds. The fourth-order valence-corrected chi connectivity index (χ4v) is 2.90. The average molecular weight is 332 g/mol. The smallest absolute Gasteiger partial charge is 0.261 e. The van der Waals surface area contributed by atoms with Crippen LogP contribution in [-0.2, 0) is 9.05 Å². The lowest BCUT2D eigenvalue weighted by molar-refractivity contribution is 0.0932. The number of unbranched alkanes of at least 4 members (excludes halogenated alkanes) is 1. The molecule has 6 heteroatoms. The summed E-state index contributed by atoms with van der Waals surface area (Å²) in [7, 11) is 1.50. The molecular formula is C15H22ClNO3S. The minimum Gasteiger partial charge on any atom is -0.349 e. The summed E-state index contributed by atoms with van der Waals surface area (Å²) in [6.07, 6.45) is 5.09. The van der Waals surface area contributed by atoms with Gasteiger partial charge in [0.05, 0.1) is 4.90 Å². The van der Waals surface area contributed by atoms with E-state index in [2.05, 4.69) is 19.2 Å². The molecule has 1 rings (SSSR count). The van der Waals surface area contributed by atoms with Gasteiger partial charge in [0, 0.05) is 22.3 Å². The topological polar surface area (TPSA) is 63.2 Å². The Bertz CT molecular complexity index is 555. The van der Waals surface area contributed by atoms with Crippen molar-refractivity contribution in [3.63, 3.8) is 0 Å². The van der Waals surface area contributed by atoms with Crippen LogP contribution in [-0.4, -0.2) is 20.4 Å². The minimum absolute atomic E-state index is 0.00296. The Labute approximate surface area is 131 Å². The highest BCUT2D eigenvalue weighted by Gasteiger charge is 2.14. The van der Waals surface area contributed by atoms with Crippen LogP contribution in [0.5, 0.6) is 0 Å². The van der Waals surface area contributed by atoms with Gasteiger partial charge < -0.3 is 5.32 Å². The van der Waals surface area contributed by atoms with E-state index in [0.29, 0.717) is 5.56 Å². The molecule has 0 fully saturated rings. The molecular weight excluding hydrogens is 310 g/mol. The average Bonchev–Trinajstić information content (AvgIpc) is 2.44. The summed E-state index contributed by atoms with van der Waals surface area (Å²) < 4.78 is 22.3. The summed E-state index contributed by atoms with van der Waals surface area (Å²) in [4.78, 5) is 12.2. The number of carbonyl (C=O) groups is 1. The zero-order chi connectivity index (χ0) is 15.9. The minimum atomic E-state index is -3.75. The Kier molecular flexibility index (Phi) is 7.18. The zero-order valence-electron chi connectivity index (χ0n) is 12.4. The molecule has 1 aromatic carbocycles. The van der Waals surface area contributed by atoms with Gasteiger partial charge in [0.15, 0.2) is 0 Å². The number of hydrogen-bond acceptors (Lipinski definition) is 3. The van der Waals surface area contributed by atoms with E-state index in [9.17, 15) is 13.2 Å². The van der Waals surface area contributed by atoms with Crippen molar-refractivity contribution >= 4 is 25.6 Å². The number of halogens is 1. The summed E-state index contributed by atoms with van der Waals surface area (Å²) in [5, 5.41) is 3.01.